The van der Waals surface area contributed by atoms with E-state index in [1.165, 1.54) is 0 Å². The zero-order chi connectivity index (χ0) is 9.19. The van der Waals surface area contributed by atoms with Crippen LogP contribution in [0.5, 0.6) is 0 Å². The number of carbonyl (C=O) groups is 1. The van der Waals surface area contributed by atoms with Crippen molar-refractivity contribution in [2.45, 2.75) is 30.8 Å². The lowest BCUT2D eigenvalue weighted by Crippen LogP contribution is -2.40. The van der Waals surface area contributed by atoms with Crippen LogP contribution in [-0.2, 0) is 15.6 Å². The fourth-order valence-corrected chi connectivity index (χ4v) is 4.63. The Morgan fingerprint density at radius 3 is 2.83 bits per heavy atom. The summed E-state index contributed by atoms with van der Waals surface area (Å²) in [6.07, 6.45) is 1.47. The number of Topliss-reactive ketones (excluding diaryl/α,β-unsaturated/α-hetero) is 1. The number of carbonyl (C=O) groups excluding carboxylic acids is 1. The van der Waals surface area contributed by atoms with E-state index in [4.69, 9.17) is 0 Å². The molecule has 1 rings (SSSR count). The third-order valence-electron chi connectivity index (χ3n) is 2.11. The van der Waals surface area contributed by atoms with Gasteiger partial charge in [0.2, 0.25) is 0 Å². The topological polar surface area (TPSA) is 34.1 Å². The standard InChI is InChI=1S/C8H14O2S2/c1-3-7(9)8(2)11-5-4-6-12(8)10/h3-6H2,1-2H3/t8-,12+/m0/s1. The second-order valence-electron chi connectivity index (χ2n) is 2.97. The number of ketones is 1. The van der Waals surface area contributed by atoms with Gasteiger partial charge in [0.15, 0.2) is 5.78 Å². The monoisotopic (exact) mass is 206 g/mol. The molecule has 1 saturated heterocycles. The Morgan fingerprint density at radius 1 is 1.67 bits per heavy atom. The van der Waals surface area contributed by atoms with Gasteiger partial charge >= 0.3 is 0 Å². The van der Waals surface area contributed by atoms with E-state index in [0.717, 1.165) is 12.2 Å². The van der Waals surface area contributed by atoms with Crippen LogP contribution in [0.2, 0.25) is 0 Å². The van der Waals surface area contributed by atoms with E-state index in [1.54, 1.807) is 11.8 Å². The van der Waals surface area contributed by atoms with E-state index in [0.29, 0.717) is 12.2 Å². The Labute approximate surface area is 79.9 Å². The van der Waals surface area contributed by atoms with Crippen molar-refractivity contribution >= 4 is 28.3 Å². The third-order valence-corrected chi connectivity index (χ3v) is 6.05. The molecule has 0 bridgehead atoms. The summed E-state index contributed by atoms with van der Waals surface area (Å²) in [5.41, 5.74) is 0. The van der Waals surface area contributed by atoms with Gasteiger partial charge in [-0.05, 0) is 19.1 Å². The molecule has 1 aliphatic rings. The summed E-state index contributed by atoms with van der Waals surface area (Å²) >= 11 is 1.56. The smallest absolute Gasteiger partial charge is 0.160 e. The molecule has 4 heteroatoms. The molecule has 0 amide bonds. The van der Waals surface area contributed by atoms with Gasteiger partial charge in [-0.15, -0.1) is 11.8 Å². The fourth-order valence-electron chi connectivity index (χ4n) is 1.25. The Hall–Kier alpha value is 0.170. The second kappa shape index (κ2) is 3.92. The van der Waals surface area contributed by atoms with Crippen LogP contribution >= 0.6 is 11.8 Å². The van der Waals surface area contributed by atoms with Crippen LogP contribution in [-0.4, -0.2) is 25.6 Å². The van der Waals surface area contributed by atoms with Crippen LogP contribution in [0.1, 0.15) is 26.7 Å². The van der Waals surface area contributed by atoms with Crippen molar-refractivity contribution in [1.29, 1.82) is 0 Å². The molecule has 0 aromatic heterocycles. The molecule has 0 aromatic rings. The predicted octanol–water partition coefficient (Wildman–Crippen LogP) is 1.57. The van der Waals surface area contributed by atoms with Gasteiger partial charge in [-0.25, -0.2) is 0 Å². The minimum Gasteiger partial charge on any atom is -0.297 e. The molecule has 1 fully saturated rings. The molecule has 0 saturated carbocycles. The lowest BCUT2D eigenvalue weighted by molar-refractivity contribution is -0.118. The molecule has 2 nitrogen and oxygen atoms in total. The van der Waals surface area contributed by atoms with Crippen molar-refractivity contribution in [3.63, 3.8) is 0 Å². The average molecular weight is 206 g/mol. The molecular weight excluding hydrogens is 192 g/mol. The summed E-state index contributed by atoms with van der Waals surface area (Å²) in [4.78, 5) is 11.5. The van der Waals surface area contributed by atoms with E-state index in [1.807, 2.05) is 13.8 Å². The van der Waals surface area contributed by atoms with Crippen molar-refractivity contribution in [3.05, 3.63) is 0 Å². The van der Waals surface area contributed by atoms with E-state index < -0.39 is 14.9 Å². The van der Waals surface area contributed by atoms with Crippen LogP contribution in [0.15, 0.2) is 0 Å². The van der Waals surface area contributed by atoms with E-state index >= 15 is 0 Å². The summed E-state index contributed by atoms with van der Waals surface area (Å²) in [7, 11) is -0.960. The van der Waals surface area contributed by atoms with Crippen LogP contribution in [0.4, 0.5) is 0 Å². The minimum absolute atomic E-state index is 0.130. The molecule has 1 aliphatic heterocycles. The molecule has 0 unspecified atom stereocenters. The van der Waals surface area contributed by atoms with Crippen LogP contribution < -0.4 is 0 Å². The van der Waals surface area contributed by atoms with Crippen LogP contribution in [0, 0.1) is 0 Å². The summed E-state index contributed by atoms with van der Waals surface area (Å²) in [6, 6.07) is 0. The maximum absolute atomic E-state index is 11.6. The highest BCUT2D eigenvalue weighted by Gasteiger charge is 2.40. The zero-order valence-corrected chi connectivity index (χ0v) is 9.09. The first-order chi connectivity index (χ1) is 5.61. The van der Waals surface area contributed by atoms with Crippen molar-refractivity contribution in [1.82, 2.24) is 0 Å². The Balaban J connectivity index is 2.79. The van der Waals surface area contributed by atoms with E-state index in [2.05, 4.69) is 0 Å². The maximum Gasteiger partial charge on any atom is 0.160 e. The number of hydrogen-bond acceptors (Lipinski definition) is 3. The Bertz CT molecular complexity index is 205. The highest BCUT2D eigenvalue weighted by Crippen LogP contribution is 2.35. The predicted molar refractivity (Wildman–Crippen MR) is 53.8 cm³/mol. The average Bonchev–Trinajstić information content (AvgIpc) is 2.09. The highest BCUT2D eigenvalue weighted by atomic mass is 32.2. The van der Waals surface area contributed by atoms with Gasteiger partial charge in [0.1, 0.15) is 4.08 Å². The first-order valence-electron chi connectivity index (χ1n) is 4.17. The van der Waals surface area contributed by atoms with Gasteiger partial charge in [0, 0.05) is 23.0 Å². The number of thioether (sulfide) groups is 1. The quantitative estimate of drug-likeness (QED) is 0.687. The minimum atomic E-state index is -0.960. The summed E-state index contributed by atoms with van der Waals surface area (Å²) in [5, 5.41) is 0. The van der Waals surface area contributed by atoms with Crippen LogP contribution in [0.25, 0.3) is 0 Å². The number of rotatable bonds is 2. The molecule has 0 aliphatic carbocycles. The fraction of sp³-hybridized carbons (Fsp3) is 0.875. The van der Waals surface area contributed by atoms with Crippen molar-refractivity contribution in [3.8, 4) is 0 Å². The van der Waals surface area contributed by atoms with Gasteiger partial charge in [-0.2, -0.15) is 0 Å². The molecular formula is C8H14O2S2. The molecule has 1 heterocycles. The highest BCUT2D eigenvalue weighted by molar-refractivity contribution is 8.14. The van der Waals surface area contributed by atoms with Gasteiger partial charge in [-0.3, -0.25) is 9.00 Å². The summed E-state index contributed by atoms with van der Waals surface area (Å²) < 4.78 is 11.0. The van der Waals surface area contributed by atoms with E-state index in [9.17, 15) is 9.00 Å². The van der Waals surface area contributed by atoms with Crippen molar-refractivity contribution < 1.29 is 9.00 Å². The summed E-state index contributed by atoms with van der Waals surface area (Å²) in [6.45, 7) is 3.65. The lowest BCUT2D eigenvalue weighted by Gasteiger charge is -2.30. The van der Waals surface area contributed by atoms with Gasteiger partial charge in [0.25, 0.3) is 0 Å². The first kappa shape index (κ1) is 10.3. The molecule has 0 aromatic carbocycles. The van der Waals surface area contributed by atoms with Gasteiger partial charge < -0.3 is 0 Å². The largest absolute Gasteiger partial charge is 0.297 e. The molecule has 0 N–H and O–H groups in total. The SMILES string of the molecule is CCC(=O)[C@@]1(C)SCCC[S@]1=O. The lowest BCUT2D eigenvalue weighted by atomic mass is 10.2. The van der Waals surface area contributed by atoms with E-state index in [-0.39, 0.29) is 5.78 Å². The molecule has 0 spiro atoms. The van der Waals surface area contributed by atoms with Gasteiger partial charge in [-0.1, -0.05) is 6.92 Å². The number of hydrogen-bond donors (Lipinski definition) is 0. The van der Waals surface area contributed by atoms with Crippen LogP contribution in [0.3, 0.4) is 0 Å². The maximum atomic E-state index is 11.6. The third kappa shape index (κ3) is 1.74. The molecule has 70 valence electrons. The zero-order valence-electron chi connectivity index (χ0n) is 7.46. The first-order valence-corrected chi connectivity index (χ1v) is 6.47. The molecule has 2 atom stereocenters. The molecule has 12 heavy (non-hydrogen) atoms. The molecule has 0 radical (unpaired) electrons. The second-order valence-corrected chi connectivity index (χ2v) is 6.66. The normalized spacial score (nSPS) is 36.3. The van der Waals surface area contributed by atoms with Crippen molar-refractivity contribution in [2.75, 3.05) is 11.5 Å². The van der Waals surface area contributed by atoms with Crippen molar-refractivity contribution in [2.24, 2.45) is 0 Å². The van der Waals surface area contributed by atoms with Gasteiger partial charge in [0.05, 0.1) is 0 Å². The Morgan fingerprint density at radius 2 is 2.33 bits per heavy atom. The summed E-state index contributed by atoms with van der Waals surface area (Å²) in [5.74, 6) is 1.79. The Kier molecular flexibility index (Phi) is 3.35.